The summed E-state index contributed by atoms with van der Waals surface area (Å²) in [4.78, 5) is 26.5. The number of carbonyl (C=O) groups excluding carboxylic acids is 2. The molecule has 0 unspecified atom stereocenters. The van der Waals surface area contributed by atoms with Crippen LogP contribution in [-0.4, -0.2) is 34.5 Å². The van der Waals surface area contributed by atoms with E-state index in [-0.39, 0.29) is 13.2 Å². The Bertz CT molecular complexity index is 471. The molecule has 0 atom stereocenters. The second-order valence-corrected chi connectivity index (χ2v) is 4.17. The van der Waals surface area contributed by atoms with Gasteiger partial charge in [-0.1, -0.05) is 0 Å². The maximum Gasteiger partial charge on any atom is 0.452 e. The number of nitrogens with zero attached hydrogens (tertiary/aromatic N) is 2. The van der Waals surface area contributed by atoms with E-state index in [4.69, 9.17) is 0 Å². The summed E-state index contributed by atoms with van der Waals surface area (Å²) in [6, 6.07) is 0. The molecule has 1 aromatic heterocycles. The number of alkyl halides is 3. The Morgan fingerprint density at radius 3 is 2.05 bits per heavy atom. The molecule has 1 heterocycles. The van der Waals surface area contributed by atoms with Crippen LogP contribution in [0.1, 0.15) is 30.6 Å². The topological polar surface area (TPSA) is 78.4 Å². The van der Waals surface area contributed by atoms with E-state index >= 15 is 0 Å². The predicted octanol–water partition coefficient (Wildman–Crippen LogP) is 1.77. The van der Waals surface area contributed by atoms with Gasteiger partial charge in [-0.25, -0.2) is 4.98 Å². The van der Waals surface area contributed by atoms with Crippen LogP contribution in [0.2, 0.25) is 0 Å². The summed E-state index contributed by atoms with van der Waals surface area (Å²) in [5, 5.41) is -0.408. The molecule has 20 heavy (non-hydrogen) atoms. The van der Waals surface area contributed by atoms with Gasteiger partial charge in [0.05, 0.1) is 13.2 Å². The van der Waals surface area contributed by atoms with Gasteiger partial charge in [-0.3, -0.25) is 9.59 Å². The highest BCUT2D eigenvalue weighted by Crippen LogP contribution is 2.30. The van der Waals surface area contributed by atoms with Gasteiger partial charge in [-0.15, -0.1) is 0 Å². The van der Waals surface area contributed by atoms with Crippen LogP contribution < -0.4 is 0 Å². The summed E-state index contributed by atoms with van der Waals surface area (Å²) in [7, 11) is 0. The zero-order valence-corrected chi connectivity index (χ0v) is 11.4. The molecular formula is C10H11F3N2O4S. The lowest BCUT2D eigenvalue weighted by Crippen LogP contribution is -2.26. The van der Waals surface area contributed by atoms with Crippen LogP contribution in [0.4, 0.5) is 13.2 Å². The molecule has 1 aromatic rings. The van der Waals surface area contributed by atoms with Crippen LogP contribution in [-0.2, 0) is 25.2 Å². The first-order valence-electron chi connectivity index (χ1n) is 5.55. The monoisotopic (exact) mass is 312 g/mol. The lowest BCUT2D eigenvalue weighted by Gasteiger charge is -2.11. The number of aromatic nitrogens is 2. The highest BCUT2D eigenvalue weighted by molar-refractivity contribution is 7.05. The van der Waals surface area contributed by atoms with Gasteiger partial charge in [0, 0.05) is 0 Å². The summed E-state index contributed by atoms with van der Waals surface area (Å²) < 4.78 is 49.6. The van der Waals surface area contributed by atoms with E-state index in [1.165, 1.54) is 13.8 Å². The van der Waals surface area contributed by atoms with Gasteiger partial charge in [0.25, 0.3) is 0 Å². The molecule has 0 N–H and O–H groups in total. The standard InChI is InChI=1S/C10H11F3N2O4S/c1-3-18-7(16)5(8(17)19-4-2)6-14-9(15-20-6)10(11,12)13/h5H,3-4H2,1-2H3. The van der Waals surface area contributed by atoms with E-state index in [1.807, 2.05) is 0 Å². The Balaban J connectivity index is 3.07. The fourth-order valence-electron chi connectivity index (χ4n) is 1.22. The molecule has 10 heteroatoms. The second kappa shape index (κ2) is 6.64. The zero-order valence-electron chi connectivity index (χ0n) is 10.6. The fraction of sp³-hybridized carbons (Fsp3) is 0.600. The van der Waals surface area contributed by atoms with Gasteiger partial charge in [0.1, 0.15) is 5.01 Å². The van der Waals surface area contributed by atoms with E-state index in [1.54, 1.807) is 0 Å². The van der Waals surface area contributed by atoms with Crippen molar-refractivity contribution in [3.05, 3.63) is 10.8 Å². The molecule has 0 bridgehead atoms. The molecule has 0 saturated carbocycles. The second-order valence-electron chi connectivity index (χ2n) is 3.39. The van der Waals surface area contributed by atoms with Crippen molar-refractivity contribution in [1.29, 1.82) is 0 Å². The summed E-state index contributed by atoms with van der Waals surface area (Å²) in [5.41, 5.74) is 0. The Labute approximate surface area is 116 Å². The molecule has 0 aliphatic heterocycles. The SMILES string of the molecule is CCOC(=O)C(C(=O)OCC)c1nc(C(F)(F)F)ns1. The van der Waals surface area contributed by atoms with Crippen molar-refractivity contribution >= 4 is 23.5 Å². The van der Waals surface area contributed by atoms with Crippen LogP contribution in [0.3, 0.4) is 0 Å². The summed E-state index contributed by atoms with van der Waals surface area (Å²) in [6.07, 6.45) is -4.75. The molecular weight excluding hydrogens is 301 g/mol. The van der Waals surface area contributed by atoms with Crippen LogP contribution in [0.15, 0.2) is 0 Å². The van der Waals surface area contributed by atoms with Gasteiger partial charge < -0.3 is 9.47 Å². The van der Waals surface area contributed by atoms with Gasteiger partial charge in [0.2, 0.25) is 11.7 Å². The number of halogens is 3. The van der Waals surface area contributed by atoms with Crippen molar-refractivity contribution in [3.8, 4) is 0 Å². The van der Waals surface area contributed by atoms with Crippen molar-refractivity contribution < 1.29 is 32.2 Å². The maximum absolute atomic E-state index is 12.4. The van der Waals surface area contributed by atoms with Crippen LogP contribution in [0.5, 0.6) is 0 Å². The fourth-order valence-corrected chi connectivity index (χ4v) is 1.97. The first-order valence-corrected chi connectivity index (χ1v) is 6.32. The van der Waals surface area contributed by atoms with Crippen LogP contribution in [0, 0.1) is 0 Å². The zero-order chi connectivity index (χ0) is 15.3. The van der Waals surface area contributed by atoms with E-state index in [0.717, 1.165) is 0 Å². The van der Waals surface area contributed by atoms with E-state index < -0.39 is 34.9 Å². The Kier molecular flexibility index (Phi) is 5.43. The first kappa shape index (κ1) is 16.3. The van der Waals surface area contributed by atoms with Gasteiger partial charge in [0.15, 0.2) is 0 Å². The molecule has 0 aliphatic rings. The third-order valence-electron chi connectivity index (χ3n) is 1.99. The molecule has 0 amide bonds. The molecule has 0 aromatic carbocycles. The number of rotatable bonds is 5. The molecule has 0 aliphatic carbocycles. The van der Waals surface area contributed by atoms with Gasteiger partial charge in [-0.2, -0.15) is 17.5 Å². The maximum atomic E-state index is 12.4. The average Bonchev–Trinajstić information content (AvgIpc) is 2.79. The minimum atomic E-state index is -4.75. The van der Waals surface area contributed by atoms with E-state index in [9.17, 15) is 22.8 Å². The van der Waals surface area contributed by atoms with Gasteiger partial charge in [-0.05, 0) is 25.4 Å². The molecule has 0 radical (unpaired) electrons. The van der Waals surface area contributed by atoms with Crippen molar-refractivity contribution in [1.82, 2.24) is 9.36 Å². The molecule has 1 rings (SSSR count). The molecule has 112 valence electrons. The quantitative estimate of drug-likeness (QED) is 0.609. The first-order chi connectivity index (χ1) is 9.31. The van der Waals surface area contributed by atoms with Crippen molar-refractivity contribution in [2.24, 2.45) is 0 Å². The number of hydrogen-bond donors (Lipinski definition) is 0. The highest BCUT2D eigenvalue weighted by atomic mass is 32.1. The Morgan fingerprint density at radius 1 is 1.20 bits per heavy atom. The summed E-state index contributed by atoms with van der Waals surface area (Å²) >= 11 is 0.310. The Hall–Kier alpha value is -1.71. The van der Waals surface area contributed by atoms with Crippen molar-refractivity contribution in [3.63, 3.8) is 0 Å². The summed E-state index contributed by atoms with van der Waals surface area (Å²) in [5.74, 6) is -5.09. The third kappa shape index (κ3) is 3.89. The third-order valence-corrected chi connectivity index (χ3v) is 2.77. The number of esters is 2. The summed E-state index contributed by atoms with van der Waals surface area (Å²) in [6.45, 7) is 2.95. The number of ether oxygens (including phenoxy) is 2. The predicted molar refractivity (Wildman–Crippen MR) is 60.9 cm³/mol. The normalized spacial score (nSPS) is 11.5. The van der Waals surface area contributed by atoms with Crippen LogP contribution >= 0.6 is 11.5 Å². The van der Waals surface area contributed by atoms with Crippen molar-refractivity contribution in [2.45, 2.75) is 25.9 Å². The lowest BCUT2D eigenvalue weighted by molar-refractivity contribution is -0.157. The smallest absolute Gasteiger partial charge is 0.452 e. The molecule has 0 spiro atoms. The number of hydrogen-bond acceptors (Lipinski definition) is 7. The van der Waals surface area contributed by atoms with Gasteiger partial charge >= 0.3 is 18.1 Å². The highest BCUT2D eigenvalue weighted by Gasteiger charge is 2.40. The van der Waals surface area contributed by atoms with Crippen LogP contribution in [0.25, 0.3) is 0 Å². The largest absolute Gasteiger partial charge is 0.465 e. The Morgan fingerprint density at radius 2 is 1.70 bits per heavy atom. The molecule has 6 nitrogen and oxygen atoms in total. The average molecular weight is 312 g/mol. The van der Waals surface area contributed by atoms with E-state index in [2.05, 4.69) is 18.8 Å². The molecule has 0 fully saturated rings. The lowest BCUT2D eigenvalue weighted by atomic mass is 10.1. The minimum Gasteiger partial charge on any atom is -0.465 e. The number of carbonyl (C=O) groups is 2. The van der Waals surface area contributed by atoms with Crippen molar-refractivity contribution in [2.75, 3.05) is 13.2 Å². The van der Waals surface area contributed by atoms with E-state index in [0.29, 0.717) is 11.5 Å². The molecule has 0 saturated heterocycles. The minimum absolute atomic E-state index is 0.0281.